The molecule has 21 heavy (non-hydrogen) atoms. The zero-order valence-electron chi connectivity index (χ0n) is 13.3. The van der Waals surface area contributed by atoms with Gasteiger partial charge in [-0.15, -0.1) is 5.10 Å². The third kappa shape index (κ3) is 4.51. The van der Waals surface area contributed by atoms with Gasteiger partial charge in [0.25, 0.3) is 0 Å². The zero-order valence-corrected chi connectivity index (χ0v) is 13.3. The maximum atomic E-state index is 4.27. The number of likely N-dealkylation sites (N-methyl/N-ethyl adjacent to an activating group) is 1. The first-order valence-electron chi connectivity index (χ1n) is 8.71. The van der Waals surface area contributed by atoms with Gasteiger partial charge in [-0.3, -0.25) is 9.58 Å². The van der Waals surface area contributed by atoms with E-state index in [1.165, 1.54) is 44.9 Å². The average Bonchev–Trinajstić information content (AvgIpc) is 3.25. The fraction of sp³-hybridized carbons (Fsp3) is 0.875. The van der Waals surface area contributed by atoms with Crippen LogP contribution in [-0.2, 0) is 13.1 Å². The van der Waals surface area contributed by atoms with Gasteiger partial charge in [0.1, 0.15) is 0 Å². The molecule has 0 aromatic carbocycles. The molecule has 2 aliphatic carbocycles. The Labute approximate surface area is 128 Å². The smallest absolute Gasteiger partial charge is 0.0964 e. The van der Waals surface area contributed by atoms with Crippen molar-refractivity contribution in [2.24, 2.45) is 0 Å². The Kier molecular flexibility index (Phi) is 5.25. The van der Waals surface area contributed by atoms with E-state index in [-0.39, 0.29) is 0 Å². The van der Waals surface area contributed by atoms with Gasteiger partial charge in [-0.05, 0) is 32.2 Å². The maximum Gasteiger partial charge on any atom is 0.0964 e. The van der Waals surface area contributed by atoms with Gasteiger partial charge in [0.15, 0.2) is 0 Å². The highest BCUT2D eigenvalue weighted by Crippen LogP contribution is 2.22. The first-order chi connectivity index (χ1) is 10.3. The molecule has 5 heteroatoms. The summed E-state index contributed by atoms with van der Waals surface area (Å²) >= 11 is 0. The van der Waals surface area contributed by atoms with Crippen LogP contribution in [0.1, 0.15) is 57.6 Å². The van der Waals surface area contributed by atoms with Gasteiger partial charge < -0.3 is 5.32 Å². The summed E-state index contributed by atoms with van der Waals surface area (Å²) < 4.78 is 2.01. The molecule has 1 aromatic heterocycles. The summed E-state index contributed by atoms with van der Waals surface area (Å²) in [6, 6.07) is 1.53. The molecule has 2 saturated carbocycles. The fourth-order valence-electron chi connectivity index (χ4n) is 3.34. The van der Waals surface area contributed by atoms with Crippen LogP contribution < -0.4 is 5.32 Å². The van der Waals surface area contributed by atoms with Crippen LogP contribution in [0.4, 0.5) is 0 Å². The van der Waals surface area contributed by atoms with Gasteiger partial charge in [0.2, 0.25) is 0 Å². The average molecular weight is 291 g/mol. The summed E-state index contributed by atoms with van der Waals surface area (Å²) in [6.45, 7) is 6.35. The number of rotatable bonds is 8. The zero-order chi connectivity index (χ0) is 14.5. The lowest BCUT2D eigenvalue weighted by atomic mass is 9.94. The van der Waals surface area contributed by atoms with Gasteiger partial charge >= 0.3 is 0 Å². The Hall–Kier alpha value is -0.940. The van der Waals surface area contributed by atoms with Gasteiger partial charge in [-0.2, -0.15) is 0 Å². The Morgan fingerprint density at radius 1 is 1.24 bits per heavy atom. The van der Waals surface area contributed by atoms with E-state index >= 15 is 0 Å². The molecule has 1 heterocycles. The summed E-state index contributed by atoms with van der Waals surface area (Å²) in [7, 11) is 0. The fourth-order valence-corrected chi connectivity index (χ4v) is 3.34. The number of nitrogens with one attached hydrogen (secondary N) is 1. The van der Waals surface area contributed by atoms with E-state index in [1.807, 2.05) is 4.68 Å². The predicted molar refractivity (Wildman–Crippen MR) is 84.0 cm³/mol. The molecule has 118 valence electrons. The van der Waals surface area contributed by atoms with Crippen LogP contribution in [0.2, 0.25) is 0 Å². The van der Waals surface area contributed by atoms with Gasteiger partial charge in [0, 0.05) is 31.4 Å². The van der Waals surface area contributed by atoms with E-state index in [2.05, 4.69) is 33.6 Å². The normalized spacial score (nSPS) is 20.3. The monoisotopic (exact) mass is 291 g/mol. The van der Waals surface area contributed by atoms with Crippen LogP contribution >= 0.6 is 0 Å². The van der Waals surface area contributed by atoms with Gasteiger partial charge in [-0.25, -0.2) is 0 Å². The number of aromatic nitrogens is 3. The second-order valence-corrected chi connectivity index (χ2v) is 6.55. The van der Waals surface area contributed by atoms with Crippen molar-refractivity contribution < 1.29 is 0 Å². The van der Waals surface area contributed by atoms with Crippen molar-refractivity contribution in [1.29, 1.82) is 0 Å². The van der Waals surface area contributed by atoms with Gasteiger partial charge in [-0.1, -0.05) is 31.4 Å². The molecule has 3 rings (SSSR count). The highest BCUT2D eigenvalue weighted by molar-refractivity contribution is 4.94. The molecule has 0 radical (unpaired) electrons. The minimum absolute atomic E-state index is 0.733. The molecule has 0 bridgehead atoms. The van der Waals surface area contributed by atoms with Crippen LogP contribution in [0.3, 0.4) is 0 Å². The number of nitrogens with zero attached hydrogens (tertiary/aromatic N) is 4. The van der Waals surface area contributed by atoms with Gasteiger partial charge in [0.05, 0.1) is 12.2 Å². The van der Waals surface area contributed by atoms with Crippen LogP contribution in [0.15, 0.2) is 6.20 Å². The summed E-state index contributed by atoms with van der Waals surface area (Å²) in [5, 5.41) is 12.0. The van der Waals surface area contributed by atoms with Crippen molar-refractivity contribution in [3.05, 3.63) is 11.9 Å². The van der Waals surface area contributed by atoms with E-state index in [4.69, 9.17) is 0 Å². The van der Waals surface area contributed by atoms with Crippen LogP contribution in [0, 0.1) is 0 Å². The van der Waals surface area contributed by atoms with E-state index < -0.39 is 0 Å². The van der Waals surface area contributed by atoms with Crippen LogP contribution in [0.5, 0.6) is 0 Å². The molecule has 0 aliphatic heterocycles. The summed E-state index contributed by atoms with van der Waals surface area (Å²) in [5.74, 6) is 0. The lowest BCUT2D eigenvalue weighted by molar-refractivity contribution is 0.156. The predicted octanol–water partition coefficient (Wildman–Crippen LogP) is 2.18. The summed E-state index contributed by atoms with van der Waals surface area (Å²) in [4.78, 5) is 2.63. The topological polar surface area (TPSA) is 46.0 Å². The van der Waals surface area contributed by atoms with Crippen molar-refractivity contribution in [2.45, 2.75) is 77.0 Å². The Morgan fingerprint density at radius 3 is 2.76 bits per heavy atom. The minimum Gasteiger partial charge on any atom is -0.308 e. The quantitative estimate of drug-likeness (QED) is 0.797. The van der Waals surface area contributed by atoms with E-state index in [1.54, 1.807) is 0 Å². The number of hydrogen-bond donors (Lipinski definition) is 1. The lowest BCUT2D eigenvalue weighted by Gasteiger charge is -2.33. The SMILES string of the molecule is CCN(CCn1cc(CNC2CC2)nn1)C1CCCCC1. The van der Waals surface area contributed by atoms with Crippen LogP contribution in [0.25, 0.3) is 0 Å². The molecule has 0 atom stereocenters. The summed E-state index contributed by atoms with van der Waals surface area (Å²) in [6.07, 6.45) is 11.7. The molecule has 0 amide bonds. The molecule has 1 aromatic rings. The highest BCUT2D eigenvalue weighted by Gasteiger charge is 2.21. The van der Waals surface area contributed by atoms with Crippen molar-refractivity contribution in [2.75, 3.05) is 13.1 Å². The van der Waals surface area contributed by atoms with Crippen molar-refractivity contribution in [1.82, 2.24) is 25.2 Å². The van der Waals surface area contributed by atoms with Crippen LogP contribution in [-0.4, -0.2) is 45.1 Å². The van der Waals surface area contributed by atoms with E-state index in [0.717, 1.165) is 44.0 Å². The number of hydrogen-bond acceptors (Lipinski definition) is 4. The Balaban J connectivity index is 1.43. The van der Waals surface area contributed by atoms with E-state index in [0.29, 0.717) is 0 Å². The van der Waals surface area contributed by atoms with Crippen molar-refractivity contribution in [3.8, 4) is 0 Å². The third-order valence-corrected chi connectivity index (χ3v) is 4.85. The second-order valence-electron chi connectivity index (χ2n) is 6.55. The van der Waals surface area contributed by atoms with Crippen molar-refractivity contribution >= 4 is 0 Å². The maximum absolute atomic E-state index is 4.27. The standard InChI is InChI=1S/C16H29N5/c1-2-20(16-6-4-3-5-7-16)10-11-21-13-15(18-19-21)12-17-14-8-9-14/h13-14,16-17H,2-12H2,1H3. The second kappa shape index (κ2) is 7.36. The largest absolute Gasteiger partial charge is 0.308 e. The molecule has 0 unspecified atom stereocenters. The molecular weight excluding hydrogens is 262 g/mol. The summed E-state index contributed by atoms with van der Waals surface area (Å²) in [5.41, 5.74) is 1.07. The molecule has 0 spiro atoms. The van der Waals surface area contributed by atoms with Crippen molar-refractivity contribution in [3.63, 3.8) is 0 Å². The molecule has 2 fully saturated rings. The Bertz CT molecular complexity index is 420. The molecule has 0 saturated heterocycles. The first kappa shape index (κ1) is 15.0. The molecule has 1 N–H and O–H groups in total. The lowest BCUT2D eigenvalue weighted by Crippen LogP contribution is -2.38. The third-order valence-electron chi connectivity index (χ3n) is 4.85. The Morgan fingerprint density at radius 2 is 2.05 bits per heavy atom. The highest BCUT2D eigenvalue weighted by atomic mass is 15.4. The first-order valence-corrected chi connectivity index (χ1v) is 8.71. The van der Waals surface area contributed by atoms with E-state index in [9.17, 15) is 0 Å². The minimum atomic E-state index is 0.733. The molecular formula is C16H29N5. The molecule has 5 nitrogen and oxygen atoms in total. The molecule has 2 aliphatic rings.